The Bertz CT molecular complexity index is 475. The number of amides is 1. The van der Waals surface area contributed by atoms with E-state index in [9.17, 15) is 22.0 Å². The van der Waals surface area contributed by atoms with Gasteiger partial charge in [-0.3, -0.25) is 4.79 Å². The fraction of sp³-hybridized carbons (Fsp3) is 0.923. The molecule has 6 nitrogen and oxygen atoms in total. The molecule has 22 heavy (non-hydrogen) atoms. The summed E-state index contributed by atoms with van der Waals surface area (Å²) < 4.78 is 48.4. The van der Waals surface area contributed by atoms with Crippen molar-refractivity contribution in [3.63, 3.8) is 0 Å². The van der Waals surface area contributed by atoms with Crippen molar-refractivity contribution in [3.8, 4) is 0 Å². The Morgan fingerprint density at radius 3 is 2.23 bits per heavy atom. The van der Waals surface area contributed by atoms with Gasteiger partial charge >= 0.3 is 5.76 Å². The summed E-state index contributed by atoms with van der Waals surface area (Å²) in [5.74, 6) is -2.59. The number of nitrogens with zero attached hydrogens (tertiary/aromatic N) is 1. The van der Waals surface area contributed by atoms with Crippen molar-refractivity contribution in [3.05, 3.63) is 0 Å². The summed E-state index contributed by atoms with van der Waals surface area (Å²) in [5.41, 5.74) is 0. The van der Waals surface area contributed by atoms with Crippen LogP contribution in [0.15, 0.2) is 0 Å². The average Bonchev–Trinajstić information content (AvgIpc) is 3.29. The highest BCUT2D eigenvalue weighted by Gasteiger charge is 2.34. The Morgan fingerprint density at radius 2 is 1.68 bits per heavy atom. The molecule has 2 fully saturated rings. The number of nitrogens with one attached hydrogen (secondary N) is 2. The van der Waals surface area contributed by atoms with Gasteiger partial charge in [0, 0.05) is 19.6 Å². The molecule has 0 bridgehead atoms. The summed E-state index contributed by atoms with van der Waals surface area (Å²) >= 11 is 0. The largest absolute Gasteiger partial charge is 0.355 e. The first-order valence-corrected chi connectivity index (χ1v) is 9.14. The molecule has 2 aliphatic rings. The van der Waals surface area contributed by atoms with Crippen LogP contribution >= 0.6 is 0 Å². The van der Waals surface area contributed by atoms with Crippen LogP contribution in [-0.4, -0.2) is 57.1 Å². The molecule has 0 spiro atoms. The molecule has 1 saturated heterocycles. The molecular formula is C13H23F2N3O3S. The molecule has 0 aromatic heterocycles. The molecule has 0 aromatic rings. The minimum atomic E-state index is -4.47. The zero-order valence-electron chi connectivity index (χ0n) is 12.4. The minimum absolute atomic E-state index is 0.0803. The van der Waals surface area contributed by atoms with Gasteiger partial charge in [-0.1, -0.05) is 0 Å². The second kappa shape index (κ2) is 7.65. The highest BCUT2D eigenvalue weighted by Crippen LogP contribution is 2.27. The number of alkyl halides is 2. The van der Waals surface area contributed by atoms with E-state index in [1.165, 1.54) is 12.8 Å². The Hall–Kier alpha value is -0.800. The van der Waals surface area contributed by atoms with Gasteiger partial charge < -0.3 is 10.6 Å². The maximum Gasteiger partial charge on any atom is 0.350 e. The molecule has 0 atom stereocenters. The Kier molecular flexibility index (Phi) is 6.10. The predicted molar refractivity (Wildman–Crippen MR) is 77.8 cm³/mol. The summed E-state index contributed by atoms with van der Waals surface area (Å²) in [6, 6.07) is 0. The van der Waals surface area contributed by atoms with Crippen molar-refractivity contribution in [2.24, 2.45) is 11.8 Å². The zero-order valence-corrected chi connectivity index (χ0v) is 13.2. The number of rotatable bonds is 8. The van der Waals surface area contributed by atoms with Crippen LogP contribution in [0, 0.1) is 11.8 Å². The summed E-state index contributed by atoms with van der Waals surface area (Å²) in [6.07, 6.45) is 3.44. The lowest BCUT2D eigenvalue weighted by atomic mass is 9.98. The van der Waals surface area contributed by atoms with E-state index in [0.29, 0.717) is 25.3 Å². The summed E-state index contributed by atoms with van der Waals surface area (Å²) in [6.45, 7) is 1.80. The fourth-order valence-electron chi connectivity index (χ4n) is 2.51. The lowest BCUT2D eigenvalue weighted by molar-refractivity contribution is -0.120. The zero-order chi connectivity index (χ0) is 16.2. The van der Waals surface area contributed by atoms with Gasteiger partial charge in [-0.15, -0.1) is 0 Å². The number of carbonyl (C=O) groups excluding carboxylic acids is 1. The maximum atomic E-state index is 12.4. The highest BCUT2D eigenvalue weighted by molar-refractivity contribution is 7.89. The maximum absolute atomic E-state index is 12.4. The van der Waals surface area contributed by atoms with Crippen LogP contribution in [0.5, 0.6) is 0 Å². The minimum Gasteiger partial charge on any atom is -0.355 e. The SMILES string of the molecule is O=C(CNCC1CC1)NCC1CCN(S(=O)(=O)C(F)F)CC1. The Labute approximate surface area is 129 Å². The van der Waals surface area contributed by atoms with Crippen molar-refractivity contribution in [1.29, 1.82) is 0 Å². The van der Waals surface area contributed by atoms with Crippen molar-refractivity contribution in [1.82, 2.24) is 14.9 Å². The number of sulfonamides is 1. The van der Waals surface area contributed by atoms with E-state index in [2.05, 4.69) is 10.6 Å². The first kappa shape index (κ1) is 17.6. The van der Waals surface area contributed by atoms with Crippen LogP contribution in [0.2, 0.25) is 0 Å². The van der Waals surface area contributed by atoms with Crippen LogP contribution < -0.4 is 10.6 Å². The molecule has 2 N–H and O–H groups in total. The van der Waals surface area contributed by atoms with E-state index in [1.807, 2.05) is 0 Å². The second-order valence-corrected chi connectivity index (χ2v) is 7.93. The van der Waals surface area contributed by atoms with E-state index in [-0.39, 0.29) is 31.5 Å². The van der Waals surface area contributed by atoms with Crippen LogP contribution in [0.3, 0.4) is 0 Å². The number of carbonyl (C=O) groups is 1. The fourth-order valence-corrected chi connectivity index (χ4v) is 3.46. The van der Waals surface area contributed by atoms with Gasteiger partial charge in [-0.2, -0.15) is 13.1 Å². The van der Waals surface area contributed by atoms with E-state index in [4.69, 9.17) is 0 Å². The Balaban J connectivity index is 1.61. The quantitative estimate of drug-likeness (QED) is 0.670. The molecule has 0 radical (unpaired) electrons. The normalized spacial score (nSPS) is 21.2. The van der Waals surface area contributed by atoms with E-state index in [1.54, 1.807) is 0 Å². The second-order valence-electron chi connectivity index (χ2n) is 6.03. The van der Waals surface area contributed by atoms with Crippen LogP contribution in [-0.2, 0) is 14.8 Å². The first-order chi connectivity index (χ1) is 10.4. The molecule has 1 heterocycles. The van der Waals surface area contributed by atoms with E-state index < -0.39 is 15.8 Å². The van der Waals surface area contributed by atoms with Gasteiger partial charge in [-0.05, 0) is 44.1 Å². The molecule has 1 saturated carbocycles. The summed E-state index contributed by atoms with van der Waals surface area (Å²) in [4.78, 5) is 11.6. The molecule has 2 rings (SSSR count). The van der Waals surface area contributed by atoms with E-state index in [0.717, 1.165) is 10.8 Å². The summed E-state index contributed by atoms with van der Waals surface area (Å²) in [7, 11) is -4.47. The third kappa shape index (κ3) is 5.13. The van der Waals surface area contributed by atoms with Crippen molar-refractivity contribution in [2.75, 3.05) is 32.7 Å². The predicted octanol–water partition coefficient (Wildman–Crippen LogP) is 0.367. The topological polar surface area (TPSA) is 78.5 Å². The molecule has 0 aromatic carbocycles. The smallest absolute Gasteiger partial charge is 0.350 e. The molecule has 1 amide bonds. The van der Waals surface area contributed by atoms with Crippen LogP contribution in [0.25, 0.3) is 0 Å². The highest BCUT2D eigenvalue weighted by atomic mass is 32.2. The molecule has 128 valence electrons. The van der Waals surface area contributed by atoms with Crippen molar-refractivity contribution in [2.45, 2.75) is 31.4 Å². The number of hydrogen-bond donors (Lipinski definition) is 2. The van der Waals surface area contributed by atoms with Gasteiger partial charge in [0.2, 0.25) is 5.91 Å². The van der Waals surface area contributed by atoms with Gasteiger partial charge in [0.1, 0.15) is 0 Å². The molecule has 0 unspecified atom stereocenters. The Morgan fingerprint density at radius 1 is 1.09 bits per heavy atom. The monoisotopic (exact) mass is 339 g/mol. The molecule has 9 heteroatoms. The van der Waals surface area contributed by atoms with Crippen LogP contribution in [0.4, 0.5) is 8.78 Å². The molecule has 1 aliphatic heterocycles. The standard InChI is InChI=1S/C13H23F2N3O3S/c14-13(15)22(20,21)18-5-3-11(4-6-18)8-17-12(19)9-16-7-10-1-2-10/h10-11,13,16H,1-9H2,(H,17,19). The third-order valence-electron chi connectivity index (χ3n) is 4.16. The number of hydrogen-bond acceptors (Lipinski definition) is 4. The molecule has 1 aliphatic carbocycles. The van der Waals surface area contributed by atoms with Crippen LogP contribution in [0.1, 0.15) is 25.7 Å². The lowest BCUT2D eigenvalue weighted by Gasteiger charge is -2.30. The van der Waals surface area contributed by atoms with Crippen molar-refractivity contribution >= 4 is 15.9 Å². The number of piperidine rings is 1. The van der Waals surface area contributed by atoms with E-state index >= 15 is 0 Å². The van der Waals surface area contributed by atoms with Gasteiger partial charge in [0.05, 0.1) is 6.54 Å². The average molecular weight is 339 g/mol. The van der Waals surface area contributed by atoms with Gasteiger partial charge in [0.15, 0.2) is 0 Å². The third-order valence-corrected chi connectivity index (χ3v) is 5.70. The first-order valence-electron chi connectivity index (χ1n) is 7.64. The van der Waals surface area contributed by atoms with Gasteiger partial charge in [-0.25, -0.2) is 8.42 Å². The van der Waals surface area contributed by atoms with Gasteiger partial charge in [0.25, 0.3) is 10.0 Å². The summed E-state index contributed by atoms with van der Waals surface area (Å²) in [5, 5.41) is 5.90. The number of halogens is 2. The van der Waals surface area contributed by atoms with Crippen molar-refractivity contribution < 1.29 is 22.0 Å². The molecular weight excluding hydrogens is 316 g/mol. The lowest BCUT2D eigenvalue weighted by Crippen LogP contribution is -2.44.